The fourth-order valence-electron chi connectivity index (χ4n) is 4.55. The average molecular weight is 468 g/mol. The van der Waals surface area contributed by atoms with Crippen LogP contribution in [-0.2, 0) is 4.79 Å². The molecule has 2 heterocycles. The number of anilines is 3. The number of rotatable bonds is 7. The Morgan fingerprint density at radius 1 is 1.09 bits per heavy atom. The summed E-state index contributed by atoms with van der Waals surface area (Å²) in [5, 5.41) is 9.71. The Kier molecular flexibility index (Phi) is 8.44. The third-order valence-electron chi connectivity index (χ3n) is 6.63. The summed E-state index contributed by atoms with van der Waals surface area (Å²) in [4.78, 5) is 35.5. The van der Waals surface area contributed by atoms with E-state index in [1.165, 1.54) is 0 Å². The molecule has 0 unspecified atom stereocenters. The van der Waals surface area contributed by atoms with Gasteiger partial charge in [0.05, 0.1) is 5.92 Å². The second-order valence-electron chi connectivity index (χ2n) is 9.17. The van der Waals surface area contributed by atoms with Gasteiger partial charge in [0.1, 0.15) is 5.82 Å². The Morgan fingerprint density at radius 2 is 1.79 bits per heavy atom. The fraction of sp³-hybridized carbons (Fsp3) is 0.520. The Labute approximate surface area is 201 Å². The van der Waals surface area contributed by atoms with Crippen LogP contribution in [0.5, 0.6) is 0 Å². The average Bonchev–Trinajstić information content (AvgIpc) is 3.27. The van der Waals surface area contributed by atoms with E-state index in [9.17, 15) is 9.59 Å². The summed E-state index contributed by atoms with van der Waals surface area (Å²) in [6, 6.07) is 7.52. The van der Waals surface area contributed by atoms with Crippen molar-refractivity contribution in [3.63, 3.8) is 0 Å². The van der Waals surface area contributed by atoms with Crippen LogP contribution in [0.2, 0.25) is 0 Å². The van der Waals surface area contributed by atoms with E-state index in [1.54, 1.807) is 18.3 Å². The molecule has 0 spiro atoms. The summed E-state index contributed by atoms with van der Waals surface area (Å²) in [5.74, 6) is 0.647. The third kappa shape index (κ3) is 6.22. The molecule has 2 fully saturated rings. The maximum atomic E-state index is 12.6. The number of primary amides is 1. The van der Waals surface area contributed by atoms with E-state index in [1.807, 2.05) is 19.1 Å². The van der Waals surface area contributed by atoms with Crippen LogP contribution in [0.4, 0.5) is 17.5 Å². The van der Waals surface area contributed by atoms with Crippen LogP contribution in [0.3, 0.4) is 0 Å². The Balaban J connectivity index is 0.00000324. The number of piperidine rings is 1. The molecule has 184 valence electrons. The van der Waals surface area contributed by atoms with Gasteiger partial charge in [-0.25, -0.2) is 4.98 Å². The molecule has 2 atom stereocenters. The SMILES string of the molecule is C.Cc1cnc(Nc2ccc(C(=O)NC3CCN(C)CC3)cc2)nc1N[C@@H]1CCC[C@@H]1C(N)=O. The molecule has 0 radical (unpaired) electrons. The normalized spacial score (nSPS) is 20.9. The molecule has 5 N–H and O–H groups in total. The van der Waals surface area contributed by atoms with Gasteiger partial charge in [-0.3, -0.25) is 9.59 Å². The number of hydrogen-bond donors (Lipinski definition) is 4. The number of benzene rings is 1. The van der Waals surface area contributed by atoms with Gasteiger partial charge in [0, 0.05) is 35.1 Å². The van der Waals surface area contributed by atoms with Gasteiger partial charge in [-0.2, -0.15) is 4.98 Å². The van der Waals surface area contributed by atoms with E-state index in [0.717, 1.165) is 56.4 Å². The lowest BCUT2D eigenvalue weighted by Gasteiger charge is -2.29. The van der Waals surface area contributed by atoms with Crippen molar-refractivity contribution in [3.8, 4) is 0 Å². The highest BCUT2D eigenvalue weighted by Gasteiger charge is 2.32. The lowest BCUT2D eigenvalue weighted by Crippen LogP contribution is -2.43. The summed E-state index contributed by atoms with van der Waals surface area (Å²) in [5.41, 5.74) is 7.87. The number of aryl methyl sites for hydroxylation is 1. The van der Waals surface area contributed by atoms with Gasteiger partial charge in [0.25, 0.3) is 5.91 Å². The zero-order valence-electron chi connectivity index (χ0n) is 19.3. The molecule has 1 aliphatic carbocycles. The molecule has 1 aliphatic heterocycles. The molecule has 1 aromatic carbocycles. The lowest BCUT2D eigenvalue weighted by atomic mass is 10.0. The zero-order valence-corrected chi connectivity index (χ0v) is 19.3. The van der Waals surface area contributed by atoms with Crippen molar-refractivity contribution >= 4 is 29.3 Å². The van der Waals surface area contributed by atoms with Crippen molar-refractivity contribution in [1.29, 1.82) is 0 Å². The Morgan fingerprint density at radius 3 is 2.47 bits per heavy atom. The predicted octanol–water partition coefficient (Wildman–Crippen LogP) is 3.05. The van der Waals surface area contributed by atoms with Gasteiger partial charge in [0.2, 0.25) is 11.9 Å². The van der Waals surface area contributed by atoms with Gasteiger partial charge >= 0.3 is 0 Å². The molecular weight excluding hydrogens is 430 g/mol. The van der Waals surface area contributed by atoms with Crippen molar-refractivity contribution in [2.45, 2.75) is 58.5 Å². The summed E-state index contributed by atoms with van der Waals surface area (Å²) in [6.45, 7) is 3.94. The maximum absolute atomic E-state index is 12.6. The summed E-state index contributed by atoms with van der Waals surface area (Å²) < 4.78 is 0. The summed E-state index contributed by atoms with van der Waals surface area (Å²) in [6.07, 6.45) is 6.36. The van der Waals surface area contributed by atoms with Crippen molar-refractivity contribution in [2.75, 3.05) is 30.8 Å². The van der Waals surface area contributed by atoms with Crippen LogP contribution in [0, 0.1) is 12.8 Å². The van der Waals surface area contributed by atoms with Crippen LogP contribution in [0.15, 0.2) is 30.5 Å². The van der Waals surface area contributed by atoms with Gasteiger partial charge < -0.3 is 26.6 Å². The number of nitrogens with zero attached hydrogens (tertiary/aromatic N) is 3. The first-order valence-electron chi connectivity index (χ1n) is 11.6. The van der Waals surface area contributed by atoms with Crippen LogP contribution >= 0.6 is 0 Å². The van der Waals surface area contributed by atoms with E-state index in [0.29, 0.717) is 17.3 Å². The number of nitrogens with two attached hydrogens (primary N) is 1. The molecular formula is C25H37N7O2. The highest BCUT2D eigenvalue weighted by atomic mass is 16.2. The standard InChI is InChI=1S/C24H33N7O2.CH4/c1-15-14-26-24(30-22(15)29-20-5-3-4-19(20)21(25)32)28-17-8-6-16(7-9-17)23(33)27-18-10-12-31(2)13-11-18;/h6-9,14,18-20H,3-5,10-13H2,1-2H3,(H2,25,32)(H,27,33)(H2,26,28,29,30);1H4/t19-,20+;/m0./s1. The second-order valence-corrected chi connectivity index (χ2v) is 9.17. The fourth-order valence-corrected chi connectivity index (χ4v) is 4.55. The maximum Gasteiger partial charge on any atom is 0.251 e. The molecule has 2 amide bonds. The number of hydrogen-bond acceptors (Lipinski definition) is 7. The summed E-state index contributed by atoms with van der Waals surface area (Å²) in [7, 11) is 2.10. The van der Waals surface area contributed by atoms with Crippen LogP contribution in [0.25, 0.3) is 0 Å². The number of carbonyl (C=O) groups excluding carboxylic acids is 2. The quantitative estimate of drug-likeness (QED) is 0.493. The Bertz CT molecular complexity index is 987. The topological polar surface area (TPSA) is 125 Å². The van der Waals surface area contributed by atoms with E-state index in [-0.39, 0.29) is 37.2 Å². The summed E-state index contributed by atoms with van der Waals surface area (Å²) >= 11 is 0. The van der Waals surface area contributed by atoms with Crippen molar-refractivity contribution in [1.82, 2.24) is 20.2 Å². The minimum Gasteiger partial charge on any atom is -0.369 e. The first-order valence-corrected chi connectivity index (χ1v) is 11.6. The number of carbonyl (C=O) groups is 2. The lowest BCUT2D eigenvalue weighted by molar-refractivity contribution is -0.121. The van der Waals surface area contributed by atoms with Gasteiger partial charge in [-0.1, -0.05) is 13.8 Å². The Hall–Kier alpha value is -3.20. The predicted molar refractivity (Wildman–Crippen MR) is 135 cm³/mol. The molecule has 4 rings (SSSR count). The molecule has 1 saturated carbocycles. The van der Waals surface area contributed by atoms with Crippen molar-refractivity contribution in [2.24, 2.45) is 11.7 Å². The second kappa shape index (κ2) is 11.3. The minimum atomic E-state index is -0.269. The van der Waals surface area contributed by atoms with Crippen molar-refractivity contribution in [3.05, 3.63) is 41.6 Å². The van der Waals surface area contributed by atoms with Crippen LogP contribution in [-0.4, -0.2) is 58.9 Å². The molecule has 9 nitrogen and oxygen atoms in total. The smallest absolute Gasteiger partial charge is 0.251 e. The molecule has 2 aromatic rings. The molecule has 1 aromatic heterocycles. The van der Waals surface area contributed by atoms with Gasteiger partial charge in [0.15, 0.2) is 0 Å². The highest BCUT2D eigenvalue weighted by molar-refractivity contribution is 5.94. The third-order valence-corrected chi connectivity index (χ3v) is 6.63. The molecule has 34 heavy (non-hydrogen) atoms. The number of aromatic nitrogens is 2. The monoisotopic (exact) mass is 467 g/mol. The van der Waals surface area contributed by atoms with Gasteiger partial charge in [-0.05, 0) is 77.0 Å². The van der Waals surface area contributed by atoms with E-state index in [2.05, 4.69) is 37.9 Å². The zero-order chi connectivity index (χ0) is 23.4. The minimum absolute atomic E-state index is 0. The van der Waals surface area contributed by atoms with Crippen molar-refractivity contribution < 1.29 is 9.59 Å². The van der Waals surface area contributed by atoms with Gasteiger partial charge in [-0.15, -0.1) is 0 Å². The van der Waals surface area contributed by atoms with Crippen LogP contribution in [0.1, 0.15) is 55.5 Å². The molecule has 1 saturated heterocycles. The number of likely N-dealkylation sites (tertiary alicyclic amines) is 1. The van der Waals surface area contributed by atoms with Crippen LogP contribution < -0.4 is 21.7 Å². The highest BCUT2D eigenvalue weighted by Crippen LogP contribution is 2.29. The largest absolute Gasteiger partial charge is 0.369 e. The van der Waals surface area contributed by atoms with E-state index in [4.69, 9.17) is 5.73 Å². The van der Waals surface area contributed by atoms with E-state index < -0.39 is 0 Å². The molecule has 2 aliphatic rings. The first-order chi connectivity index (χ1) is 15.9. The molecule has 9 heteroatoms. The number of nitrogens with one attached hydrogen (secondary N) is 3. The van der Waals surface area contributed by atoms with E-state index >= 15 is 0 Å². The molecule has 0 bridgehead atoms. The number of amides is 2. The first kappa shape index (κ1) is 25.4.